The van der Waals surface area contributed by atoms with Gasteiger partial charge in [0.05, 0.1) is 29.7 Å². The summed E-state index contributed by atoms with van der Waals surface area (Å²) in [5.74, 6) is 3.53. The number of anilines is 2. The number of rotatable bonds is 5. The first-order valence-corrected chi connectivity index (χ1v) is 13.8. The summed E-state index contributed by atoms with van der Waals surface area (Å²) in [5.41, 5.74) is 5.60. The number of aryl methyl sites for hydroxylation is 1. The average Bonchev–Trinajstić information content (AvgIpc) is 3.34. The van der Waals surface area contributed by atoms with Gasteiger partial charge in [0.25, 0.3) is 0 Å². The number of pyridine rings is 1. The van der Waals surface area contributed by atoms with Crippen LogP contribution in [0, 0.1) is 6.92 Å². The predicted octanol–water partition coefficient (Wildman–Crippen LogP) is 7.42. The summed E-state index contributed by atoms with van der Waals surface area (Å²) < 4.78 is 7.45. The molecule has 5 aromatic rings. The third-order valence-electron chi connectivity index (χ3n) is 7.12. The molecule has 2 aromatic heterocycles. The number of hydrogen-bond donors (Lipinski definition) is 1. The average molecular weight is 560 g/mol. The lowest BCUT2D eigenvalue weighted by molar-refractivity contribution is 0.340. The van der Waals surface area contributed by atoms with E-state index >= 15 is 0 Å². The molecule has 0 aliphatic carbocycles. The first kappa shape index (κ1) is 25.0. The Kier molecular flexibility index (Phi) is 6.24. The maximum atomic E-state index is 6.33. The maximum absolute atomic E-state index is 6.33. The maximum Gasteiger partial charge on any atom is 0.179 e. The molecular weight excluding hydrogens is 534 g/mol. The van der Waals surface area contributed by atoms with Gasteiger partial charge in [-0.15, -0.1) is 0 Å². The molecule has 2 aliphatic rings. The Bertz CT molecular complexity index is 1790. The van der Waals surface area contributed by atoms with Gasteiger partial charge in [-0.1, -0.05) is 41.9 Å². The second kappa shape index (κ2) is 10.2. The van der Waals surface area contributed by atoms with E-state index in [9.17, 15) is 0 Å². The first-order valence-electron chi connectivity index (χ1n) is 13.4. The summed E-state index contributed by atoms with van der Waals surface area (Å²) in [6.45, 7) is 4.60. The van der Waals surface area contributed by atoms with Gasteiger partial charge in [0, 0.05) is 22.5 Å². The van der Waals surface area contributed by atoms with E-state index < -0.39 is 0 Å². The topological polar surface area (TPSA) is 79.9 Å². The van der Waals surface area contributed by atoms with E-state index in [0.717, 1.165) is 39.6 Å². The van der Waals surface area contributed by atoms with Crippen molar-refractivity contribution < 1.29 is 4.74 Å². The minimum absolute atomic E-state index is 0.235. The van der Waals surface area contributed by atoms with Crippen LogP contribution in [0.3, 0.4) is 0 Å². The third-order valence-corrected chi connectivity index (χ3v) is 7.37. The van der Waals surface area contributed by atoms with Crippen molar-refractivity contribution in [3.8, 4) is 11.6 Å². The number of aromatic nitrogens is 3. The van der Waals surface area contributed by atoms with Crippen molar-refractivity contribution in [1.82, 2.24) is 14.8 Å². The highest BCUT2D eigenvalue weighted by Gasteiger charge is 2.41. The highest BCUT2D eigenvalue weighted by Crippen LogP contribution is 2.48. The summed E-state index contributed by atoms with van der Waals surface area (Å²) in [5, 5.41) is 9.13. The van der Waals surface area contributed by atoms with Crippen molar-refractivity contribution in [1.29, 1.82) is 0 Å². The predicted molar refractivity (Wildman–Crippen MR) is 164 cm³/mol. The summed E-state index contributed by atoms with van der Waals surface area (Å²) >= 11 is 6.33. The van der Waals surface area contributed by atoms with Crippen molar-refractivity contribution in [2.75, 3.05) is 16.8 Å². The summed E-state index contributed by atoms with van der Waals surface area (Å²) in [7, 11) is 0. The molecule has 0 saturated heterocycles. The van der Waals surface area contributed by atoms with Crippen molar-refractivity contribution in [2.24, 2.45) is 9.98 Å². The Morgan fingerprint density at radius 3 is 2.44 bits per heavy atom. The van der Waals surface area contributed by atoms with Gasteiger partial charge in [-0.05, 0) is 80.1 Å². The number of para-hydroxylation sites is 2. The molecule has 0 spiro atoms. The molecule has 0 radical (unpaired) electrons. The number of benzene rings is 3. The number of nitrogens with one attached hydrogen (secondary N) is 1. The molecule has 4 heterocycles. The van der Waals surface area contributed by atoms with E-state index in [0.29, 0.717) is 34.9 Å². The molecule has 0 bridgehead atoms. The lowest BCUT2D eigenvalue weighted by atomic mass is 9.93. The van der Waals surface area contributed by atoms with Crippen LogP contribution in [0.4, 0.5) is 22.9 Å². The van der Waals surface area contributed by atoms with E-state index in [1.54, 1.807) is 6.20 Å². The summed E-state index contributed by atoms with van der Waals surface area (Å²) in [6.07, 6.45) is 1.76. The largest absolute Gasteiger partial charge is 0.494 e. The van der Waals surface area contributed by atoms with Gasteiger partial charge in [-0.25, -0.2) is 15.0 Å². The zero-order valence-electron chi connectivity index (χ0n) is 22.5. The van der Waals surface area contributed by atoms with Gasteiger partial charge in [0.15, 0.2) is 23.3 Å². The van der Waals surface area contributed by atoms with Crippen LogP contribution in [0.2, 0.25) is 5.02 Å². The zero-order valence-corrected chi connectivity index (χ0v) is 23.2. The molecule has 9 heteroatoms. The fourth-order valence-corrected chi connectivity index (χ4v) is 5.46. The van der Waals surface area contributed by atoms with E-state index in [2.05, 4.69) is 33.4 Å². The third kappa shape index (κ3) is 4.42. The molecule has 7 rings (SSSR count). The minimum Gasteiger partial charge on any atom is -0.494 e. The number of hydrogen-bond acceptors (Lipinski definition) is 7. The Balaban J connectivity index is 1.44. The second-order valence-electron chi connectivity index (χ2n) is 9.71. The molecule has 3 aromatic carbocycles. The Morgan fingerprint density at radius 2 is 1.68 bits per heavy atom. The molecular formula is C32H26ClN7O. The highest BCUT2D eigenvalue weighted by atomic mass is 35.5. The van der Waals surface area contributed by atoms with Crippen molar-refractivity contribution in [2.45, 2.75) is 19.9 Å². The van der Waals surface area contributed by atoms with Crippen LogP contribution in [-0.2, 0) is 0 Å². The lowest BCUT2D eigenvalue weighted by Crippen LogP contribution is -2.46. The van der Waals surface area contributed by atoms with Crippen molar-refractivity contribution in [3.63, 3.8) is 0 Å². The smallest absolute Gasteiger partial charge is 0.179 e. The highest BCUT2D eigenvalue weighted by molar-refractivity contribution is 6.51. The van der Waals surface area contributed by atoms with E-state index in [4.69, 9.17) is 31.4 Å². The van der Waals surface area contributed by atoms with Crippen LogP contribution < -0.4 is 15.0 Å². The normalized spacial score (nSPS) is 15.3. The molecule has 0 unspecified atom stereocenters. The Labute approximate surface area is 242 Å². The van der Waals surface area contributed by atoms with E-state index in [-0.39, 0.29) is 6.04 Å². The minimum atomic E-state index is -0.235. The first-order chi connectivity index (χ1) is 20.1. The SMILES string of the molecule is CCOc1ccc(NC2=Nc3ccccc3N3C2=Nc2c(c(C)nn2-c2ccccn2)[C@@H]3c2ccc(Cl)cc2)cc1. The molecule has 2 aliphatic heterocycles. The monoisotopic (exact) mass is 559 g/mol. The van der Waals surface area contributed by atoms with E-state index in [1.807, 2.05) is 91.3 Å². The number of amidine groups is 2. The molecule has 41 heavy (non-hydrogen) atoms. The molecule has 1 N–H and O–H groups in total. The molecule has 202 valence electrons. The van der Waals surface area contributed by atoms with Crippen LogP contribution in [0.1, 0.15) is 29.8 Å². The number of halogens is 1. The number of fused-ring (bicyclic) bond motifs is 4. The molecule has 0 saturated carbocycles. The Morgan fingerprint density at radius 1 is 0.902 bits per heavy atom. The molecule has 1 atom stereocenters. The van der Waals surface area contributed by atoms with Crippen LogP contribution >= 0.6 is 11.6 Å². The quantitative estimate of drug-likeness (QED) is 0.242. The van der Waals surface area contributed by atoms with Crippen LogP contribution in [-0.4, -0.2) is 33.0 Å². The van der Waals surface area contributed by atoms with Gasteiger partial charge in [0.2, 0.25) is 0 Å². The molecule has 0 amide bonds. The van der Waals surface area contributed by atoms with E-state index in [1.165, 1.54) is 0 Å². The van der Waals surface area contributed by atoms with Crippen LogP contribution in [0.25, 0.3) is 5.82 Å². The van der Waals surface area contributed by atoms with Gasteiger partial charge < -0.3 is 15.0 Å². The summed E-state index contributed by atoms with van der Waals surface area (Å²) in [6, 6.07) is 29.4. The fourth-order valence-electron chi connectivity index (χ4n) is 5.33. The van der Waals surface area contributed by atoms with Gasteiger partial charge >= 0.3 is 0 Å². The molecule has 8 nitrogen and oxygen atoms in total. The lowest BCUT2D eigenvalue weighted by Gasteiger charge is -2.40. The Hall–Kier alpha value is -4.95. The summed E-state index contributed by atoms with van der Waals surface area (Å²) in [4.78, 5) is 17.1. The van der Waals surface area contributed by atoms with Gasteiger partial charge in [-0.3, -0.25) is 0 Å². The van der Waals surface area contributed by atoms with Crippen LogP contribution in [0.15, 0.2) is 107 Å². The van der Waals surface area contributed by atoms with Crippen molar-refractivity contribution >= 4 is 46.2 Å². The fraction of sp³-hybridized carbons (Fsp3) is 0.125. The number of nitrogens with zero attached hydrogens (tertiary/aromatic N) is 6. The van der Waals surface area contributed by atoms with Gasteiger partial charge in [0.1, 0.15) is 5.75 Å². The molecule has 0 fully saturated rings. The van der Waals surface area contributed by atoms with Crippen molar-refractivity contribution in [3.05, 3.63) is 119 Å². The second-order valence-corrected chi connectivity index (χ2v) is 10.1. The number of aliphatic imine (C=N–C) groups is 2. The standard InChI is InChI=1S/C32H26ClN7O/c1-3-41-24-17-15-23(16-18-24)35-30-32-37-31-28(20(2)38-40(31)27-10-6-7-19-34-27)29(21-11-13-22(33)14-12-21)39(32)26-9-5-4-8-25(26)36-30/h4-19,29H,3H2,1-2H3,(H,35,36)/t29-/m0/s1. The zero-order chi connectivity index (χ0) is 27.9. The van der Waals surface area contributed by atoms with Crippen LogP contribution in [0.5, 0.6) is 5.75 Å². The number of ether oxygens (including phenoxy) is 1. The van der Waals surface area contributed by atoms with Gasteiger partial charge in [-0.2, -0.15) is 9.78 Å².